The van der Waals surface area contributed by atoms with Crippen LogP contribution in [0.1, 0.15) is 35.3 Å². The third-order valence-corrected chi connectivity index (χ3v) is 7.05. The summed E-state index contributed by atoms with van der Waals surface area (Å²) in [5.41, 5.74) is 4.89. The molecule has 0 aliphatic carbocycles. The lowest BCUT2D eigenvalue weighted by molar-refractivity contribution is -0.909. The average molecular weight is 390 g/mol. The number of hydrogen-bond acceptors (Lipinski definition) is 5. The molecule has 1 aliphatic heterocycles. The summed E-state index contributed by atoms with van der Waals surface area (Å²) in [6.45, 7) is 5.49. The number of benzene rings is 1. The molecule has 1 N–H and O–H groups in total. The summed E-state index contributed by atoms with van der Waals surface area (Å²) < 4.78 is 31.4. The minimum atomic E-state index is -2.93. The average Bonchev–Trinajstić information content (AvgIpc) is 3.25. The zero-order valence-electron chi connectivity index (χ0n) is 15.9. The Morgan fingerprint density at radius 1 is 1.26 bits per heavy atom. The minimum absolute atomic E-state index is 0.0419. The molecular weight excluding hydrogens is 364 g/mol. The van der Waals surface area contributed by atoms with Crippen molar-refractivity contribution in [3.8, 4) is 0 Å². The molecule has 27 heavy (non-hydrogen) atoms. The molecule has 144 valence electrons. The number of para-hydroxylation sites is 2. The quantitative estimate of drug-likeness (QED) is 0.709. The molecular formula is C19H25N4O3S+. The molecule has 4 rings (SSSR count). The van der Waals surface area contributed by atoms with Gasteiger partial charge in [-0.2, -0.15) is 5.10 Å². The second kappa shape index (κ2) is 6.76. The Balaban J connectivity index is 1.50. The Labute approximate surface area is 158 Å². The van der Waals surface area contributed by atoms with Gasteiger partial charge in [-0.05, 0) is 32.4 Å². The van der Waals surface area contributed by atoms with Gasteiger partial charge in [0, 0.05) is 5.69 Å². The van der Waals surface area contributed by atoms with Crippen molar-refractivity contribution in [1.82, 2.24) is 14.8 Å². The van der Waals surface area contributed by atoms with Crippen molar-refractivity contribution in [3.63, 3.8) is 0 Å². The van der Waals surface area contributed by atoms with Crippen LogP contribution >= 0.6 is 0 Å². The Hall–Kier alpha value is -2.19. The van der Waals surface area contributed by atoms with Gasteiger partial charge in [-0.3, -0.25) is 4.68 Å². The van der Waals surface area contributed by atoms with Crippen LogP contribution < -0.4 is 4.90 Å². The first-order valence-corrected chi connectivity index (χ1v) is 11.1. The van der Waals surface area contributed by atoms with Gasteiger partial charge < -0.3 is 9.32 Å². The molecule has 1 aromatic carbocycles. The van der Waals surface area contributed by atoms with Crippen LogP contribution in [-0.2, 0) is 22.9 Å². The van der Waals surface area contributed by atoms with E-state index in [9.17, 15) is 8.42 Å². The maximum Gasteiger partial charge on any atom is 0.251 e. The van der Waals surface area contributed by atoms with Gasteiger partial charge in [0.15, 0.2) is 22.0 Å². The summed E-state index contributed by atoms with van der Waals surface area (Å²) in [5.74, 6) is 1.17. The number of hydrogen-bond donors (Lipinski definition) is 1. The fraction of sp³-hybridized carbons (Fsp3) is 0.474. The first kappa shape index (κ1) is 18.2. The molecule has 0 radical (unpaired) electrons. The third kappa shape index (κ3) is 3.64. The highest BCUT2D eigenvalue weighted by atomic mass is 32.2. The Morgan fingerprint density at radius 3 is 2.74 bits per heavy atom. The van der Waals surface area contributed by atoms with Crippen LogP contribution in [0.15, 0.2) is 28.7 Å². The number of nitrogens with zero attached hydrogens (tertiary/aromatic N) is 3. The van der Waals surface area contributed by atoms with Gasteiger partial charge in [-0.15, -0.1) is 0 Å². The number of quaternary nitrogens is 1. The van der Waals surface area contributed by atoms with Crippen LogP contribution in [0.5, 0.6) is 0 Å². The van der Waals surface area contributed by atoms with Crippen LogP contribution in [0.25, 0.3) is 11.1 Å². The fourth-order valence-corrected chi connectivity index (χ4v) is 5.59. The molecule has 2 atom stereocenters. The number of rotatable bonds is 5. The normalized spacial score (nSPS) is 20.3. The van der Waals surface area contributed by atoms with Crippen LogP contribution in [0, 0.1) is 13.8 Å². The zero-order chi connectivity index (χ0) is 19.2. The van der Waals surface area contributed by atoms with Crippen LogP contribution in [-0.4, -0.2) is 41.7 Å². The summed E-state index contributed by atoms with van der Waals surface area (Å²) >= 11 is 0. The minimum Gasteiger partial charge on any atom is -0.435 e. The Morgan fingerprint density at radius 2 is 2.04 bits per heavy atom. The summed E-state index contributed by atoms with van der Waals surface area (Å²) in [6.07, 6.45) is 0.648. The highest BCUT2D eigenvalue weighted by Crippen LogP contribution is 2.26. The topological polar surface area (TPSA) is 82.4 Å². The van der Waals surface area contributed by atoms with E-state index in [0.717, 1.165) is 34.9 Å². The van der Waals surface area contributed by atoms with Gasteiger partial charge in [0.2, 0.25) is 0 Å². The van der Waals surface area contributed by atoms with Gasteiger partial charge >= 0.3 is 0 Å². The maximum absolute atomic E-state index is 11.8. The summed E-state index contributed by atoms with van der Waals surface area (Å²) in [6, 6.07) is 7.73. The molecule has 0 spiro atoms. The van der Waals surface area contributed by atoms with Crippen LogP contribution in [0.3, 0.4) is 0 Å². The van der Waals surface area contributed by atoms with Crippen molar-refractivity contribution >= 4 is 20.9 Å². The molecule has 0 saturated carbocycles. The smallest absolute Gasteiger partial charge is 0.251 e. The number of sulfone groups is 1. The summed E-state index contributed by atoms with van der Waals surface area (Å²) in [5, 5.41) is 4.65. The molecule has 1 unspecified atom stereocenters. The van der Waals surface area contributed by atoms with Crippen molar-refractivity contribution in [3.05, 3.63) is 47.1 Å². The van der Waals surface area contributed by atoms with E-state index in [1.165, 1.54) is 10.5 Å². The van der Waals surface area contributed by atoms with Gasteiger partial charge in [0.1, 0.15) is 12.1 Å². The molecule has 3 heterocycles. The molecule has 0 bridgehead atoms. The van der Waals surface area contributed by atoms with Gasteiger partial charge in [0.25, 0.3) is 5.89 Å². The van der Waals surface area contributed by atoms with Gasteiger partial charge in [-0.1, -0.05) is 12.1 Å². The Kier molecular flexibility index (Phi) is 4.55. The van der Waals surface area contributed by atoms with E-state index in [-0.39, 0.29) is 17.5 Å². The van der Waals surface area contributed by atoms with E-state index in [4.69, 9.17) is 4.42 Å². The van der Waals surface area contributed by atoms with Crippen molar-refractivity contribution in [2.24, 2.45) is 0 Å². The first-order chi connectivity index (χ1) is 12.8. The monoisotopic (exact) mass is 389 g/mol. The van der Waals surface area contributed by atoms with E-state index in [0.29, 0.717) is 13.0 Å². The molecule has 3 aromatic rings. The van der Waals surface area contributed by atoms with Gasteiger partial charge in [-0.25, -0.2) is 13.4 Å². The largest absolute Gasteiger partial charge is 0.435 e. The Bertz CT molecular complexity index is 1050. The van der Waals surface area contributed by atoms with E-state index in [1.807, 2.05) is 42.8 Å². The SMILES string of the molecule is Cc1nn([C@@H]2CCS(=O)(=O)C2)c(C)c1C[NH+](C)Cc1nc2ccccc2o1. The third-order valence-electron chi connectivity index (χ3n) is 5.30. The molecule has 0 amide bonds. The number of aromatic nitrogens is 3. The standard InChI is InChI=1S/C19H24N4O3S/c1-13-16(14(2)23(21-13)15-8-9-27(24,25)12-15)10-22(3)11-19-20-17-6-4-5-7-18(17)26-19/h4-7,15H,8-12H2,1-3H3/p+1/t15-/m1/s1. The highest BCUT2D eigenvalue weighted by molar-refractivity contribution is 7.91. The molecule has 1 fully saturated rings. The number of aryl methyl sites for hydroxylation is 1. The lowest BCUT2D eigenvalue weighted by atomic mass is 10.1. The first-order valence-electron chi connectivity index (χ1n) is 9.23. The molecule has 8 heteroatoms. The second-order valence-corrected chi connectivity index (χ2v) is 9.77. The van der Waals surface area contributed by atoms with Crippen molar-refractivity contribution in [2.45, 2.75) is 39.4 Å². The maximum atomic E-state index is 11.8. The number of fused-ring (bicyclic) bond motifs is 1. The van der Waals surface area contributed by atoms with Crippen molar-refractivity contribution in [1.29, 1.82) is 0 Å². The predicted octanol–water partition coefficient (Wildman–Crippen LogP) is 1.22. The lowest BCUT2D eigenvalue weighted by Crippen LogP contribution is -3.06. The predicted molar refractivity (Wildman–Crippen MR) is 102 cm³/mol. The van der Waals surface area contributed by atoms with Crippen LogP contribution in [0.4, 0.5) is 0 Å². The second-order valence-electron chi connectivity index (χ2n) is 7.54. The summed E-state index contributed by atoms with van der Waals surface area (Å²) in [4.78, 5) is 5.79. The zero-order valence-corrected chi connectivity index (χ0v) is 16.7. The van der Waals surface area contributed by atoms with Crippen molar-refractivity contribution < 1.29 is 17.7 Å². The molecule has 1 saturated heterocycles. The number of nitrogens with one attached hydrogen (secondary N) is 1. The van der Waals surface area contributed by atoms with E-state index in [1.54, 1.807) is 0 Å². The van der Waals surface area contributed by atoms with E-state index in [2.05, 4.69) is 17.1 Å². The highest BCUT2D eigenvalue weighted by Gasteiger charge is 2.31. The van der Waals surface area contributed by atoms with Gasteiger partial charge in [0.05, 0.1) is 35.9 Å². The lowest BCUT2D eigenvalue weighted by Gasteiger charge is -2.14. The van der Waals surface area contributed by atoms with Crippen molar-refractivity contribution in [2.75, 3.05) is 18.6 Å². The molecule has 7 nitrogen and oxygen atoms in total. The van der Waals surface area contributed by atoms with E-state index < -0.39 is 9.84 Å². The number of oxazole rings is 1. The fourth-order valence-electron chi connectivity index (χ4n) is 3.89. The molecule has 2 aromatic heterocycles. The van der Waals surface area contributed by atoms with Crippen LogP contribution in [0.2, 0.25) is 0 Å². The van der Waals surface area contributed by atoms with E-state index >= 15 is 0 Å². The summed E-state index contributed by atoms with van der Waals surface area (Å²) in [7, 11) is -0.825. The molecule has 1 aliphatic rings.